The van der Waals surface area contributed by atoms with E-state index in [4.69, 9.17) is 56.2 Å². The lowest BCUT2D eigenvalue weighted by Crippen LogP contribution is -2.30. The first-order valence-electron chi connectivity index (χ1n) is 18.7. The maximum absolute atomic E-state index is 12.4. The van der Waals surface area contributed by atoms with E-state index in [0.717, 1.165) is 28.4 Å². The van der Waals surface area contributed by atoms with Gasteiger partial charge in [-0.05, 0) is 27.7 Å². The number of aliphatic hydroxyl groups excluding tert-OH is 1. The van der Waals surface area contributed by atoms with Gasteiger partial charge in [-0.2, -0.15) is 0 Å². The Morgan fingerprint density at radius 1 is 0.413 bits per heavy atom. The normalized spacial score (nSPS) is 35.8. The summed E-state index contributed by atoms with van der Waals surface area (Å²) in [5.74, 6) is 0. The van der Waals surface area contributed by atoms with Crippen molar-refractivity contribution in [3.05, 3.63) is 0 Å². The Labute approximate surface area is 363 Å². The van der Waals surface area contributed by atoms with Gasteiger partial charge in [-0.15, -0.1) is 0 Å². The van der Waals surface area contributed by atoms with Gasteiger partial charge in [0, 0.05) is 54.1 Å². The van der Waals surface area contributed by atoms with E-state index in [2.05, 4.69) is 27.1 Å². The maximum atomic E-state index is 12.4. The topological polar surface area (TPSA) is 403 Å². The van der Waals surface area contributed by atoms with Crippen LogP contribution in [0.3, 0.4) is 0 Å². The average Bonchev–Trinajstić information content (AvgIpc) is 3.91. The SMILES string of the molecule is COP(=O)(O)OC[C@H]1O[C@@H](C)C[C@@H]1O.COP(=O)(O)OC[C@H]1O[C@@H](C)C[C@@H]1OP(=O)(O)OC[C@H]1O[C@@H](C)C[C@@H]1OP(=O)(O)OC.COP(=O)(O)O[C@H]1C[C@H](C)O[C@@H]1COP(=O)(O)O. The van der Waals surface area contributed by atoms with Gasteiger partial charge in [0.25, 0.3) is 0 Å². The van der Waals surface area contributed by atoms with E-state index in [1.54, 1.807) is 20.8 Å². The van der Waals surface area contributed by atoms with Crippen LogP contribution in [0, 0.1) is 0 Å². The van der Waals surface area contributed by atoms with Crippen LogP contribution < -0.4 is 0 Å². The molecule has 17 atom stereocenters. The Balaban J connectivity index is 0.000000360. The highest BCUT2D eigenvalue weighted by Gasteiger charge is 2.44. The molecule has 0 saturated carbocycles. The molecule has 0 aromatic heterocycles. The maximum Gasteiger partial charge on any atom is 0.472 e. The molecule has 0 aromatic rings. The third kappa shape index (κ3) is 23.1. The monoisotopic (exact) mass is 1050 g/mol. The van der Waals surface area contributed by atoms with E-state index in [9.17, 15) is 52.1 Å². The lowest BCUT2D eigenvalue weighted by Gasteiger charge is -2.24. The van der Waals surface area contributed by atoms with Gasteiger partial charge < -0.3 is 58.3 Å². The fraction of sp³-hybridized carbons (Fsp3) is 1.00. The van der Waals surface area contributed by atoms with Crippen LogP contribution in [0.25, 0.3) is 0 Å². The predicted octanol–water partition coefficient (Wildman–Crippen LogP) is 2.43. The highest BCUT2D eigenvalue weighted by atomic mass is 31.2. The van der Waals surface area contributed by atoms with Crippen molar-refractivity contribution in [1.82, 2.24) is 0 Å². The molecule has 0 radical (unpaired) electrons. The van der Waals surface area contributed by atoms with Crippen LogP contribution in [0.2, 0.25) is 0 Å². The summed E-state index contributed by atoms with van der Waals surface area (Å²) in [6, 6.07) is 0. The van der Waals surface area contributed by atoms with Crippen LogP contribution in [0.15, 0.2) is 0 Å². The second kappa shape index (κ2) is 25.9. The third-order valence-electron chi connectivity index (χ3n) is 8.91. The Morgan fingerprint density at radius 2 is 0.683 bits per heavy atom. The molecule has 5 unspecified atom stereocenters. The van der Waals surface area contributed by atoms with Crippen LogP contribution in [-0.2, 0) is 96.1 Å². The van der Waals surface area contributed by atoms with Gasteiger partial charge in [0.05, 0.1) is 56.9 Å². The summed E-state index contributed by atoms with van der Waals surface area (Å²) >= 11 is 0. The second-order valence-corrected chi connectivity index (χ2v) is 22.9. The molecule has 4 rings (SSSR count). The smallest absolute Gasteiger partial charge is 0.390 e. The molecule has 4 aliphatic rings. The summed E-state index contributed by atoms with van der Waals surface area (Å²) < 4.78 is 141. The Morgan fingerprint density at radius 3 is 0.984 bits per heavy atom. The van der Waals surface area contributed by atoms with Gasteiger partial charge in [0.1, 0.15) is 42.7 Å². The zero-order valence-electron chi connectivity index (χ0n) is 35.4. The summed E-state index contributed by atoms with van der Waals surface area (Å²) in [6.45, 7) is 5.43. The Hall–Kier alpha value is 0.460. The van der Waals surface area contributed by atoms with E-state index in [-0.39, 0.29) is 43.9 Å². The van der Waals surface area contributed by atoms with Crippen molar-refractivity contribution in [1.29, 1.82) is 0 Å². The molecule has 4 aliphatic heterocycles. The fourth-order valence-corrected chi connectivity index (χ4v) is 9.51. The number of rotatable bonds is 22. The molecule has 4 saturated heterocycles. The largest absolute Gasteiger partial charge is 0.472 e. The van der Waals surface area contributed by atoms with Crippen LogP contribution in [0.1, 0.15) is 53.4 Å². The predicted molar refractivity (Wildman–Crippen MR) is 209 cm³/mol. The van der Waals surface area contributed by atoms with Gasteiger partial charge >= 0.3 is 46.9 Å². The molecule has 0 aromatic carbocycles. The highest BCUT2D eigenvalue weighted by Crippen LogP contribution is 2.51. The Kier molecular flexibility index (Phi) is 24.5. The van der Waals surface area contributed by atoms with Gasteiger partial charge in [0.2, 0.25) is 0 Å². The molecule has 35 heteroatoms. The summed E-state index contributed by atoms with van der Waals surface area (Å²) in [7, 11) is -21.9. The lowest BCUT2D eigenvalue weighted by molar-refractivity contribution is -0.0348. The molecule has 8 N–H and O–H groups in total. The number of ether oxygens (including phenoxy) is 4. The third-order valence-corrected chi connectivity index (χ3v) is 14.3. The van der Waals surface area contributed by atoms with Gasteiger partial charge in [-0.25, -0.2) is 27.4 Å². The molecule has 0 aliphatic carbocycles. The second-order valence-electron chi connectivity index (χ2n) is 14.1. The molecular weight excluding hydrogens is 986 g/mol. The van der Waals surface area contributed by atoms with Crippen molar-refractivity contribution >= 4 is 46.9 Å². The molecule has 4 heterocycles. The molecule has 63 heavy (non-hydrogen) atoms. The molecule has 0 amide bonds. The standard InChI is InChI=1S/C14H29O14P3.C7H16O9P2.C7H15O6P/c1-9-5-11(27-30(17,18)22-4)14(26-9)8-24-31(19,20)28-12-6-10(2)25-13(12)7-23-29(15,16)21-3;1-5-3-6(16-18(11,12)13-2)7(15-5)4-14-17(8,9)10;1-5-3-6(8)7(13-5)4-12-14(9,10)11-2/h9-14H,5-8H2,1-4H3,(H,15,16)(H,17,18)(H,19,20);5-7H,3-4H2,1-2H3,(H,11,12)(H2,8,9,10);5-8H,3-4H2,1-2H3,(H,9,10)/t9-,10-,11-,12-,13+,14+;2*5-,6-,7+/m000/s1. The molecule has 0 bridgehead atoms. The zero-order chi connectivity index (χ0) is 48.2. The van der Waals surface area contributed by atoms with Gasteiger partial charge in [-0.3, -0.25) is 49.8 Å². The van der Waals surface area contributed by atoms with E-state index < -0.39 is 116 Å². The molecule has 4 fully saturated rings. The first-order valence-corrected chi connectivity index (χ1v) is 27.7. The first kappa shape index (κ1) is 59.6. The highest BCUT2D eigenvalue weighted by molar-refractivity contribution is 7.48. The number of hydrogen-bond donors (Lipinski definition) is 8. The summed E-state index contributed by atoms with van der Waals surface area (Å²) in [5, 5.41) is 9.41. The van der Waals surface area contributed by atoms with E-state index in [0.29, 0.717) is 12.8 Å². The van der Waals surface area contributed by atoms with E-state index in [1.165, 1.54) is 0 Å². The minimum Gasteiger partial charge on any atom is -0.390 e. The van der Waals surface area contributed by atoms with Crippen LogP contribution >= 0.6 is 46.9 Å². The fourth-order valence-electron chi connectivity index (χ4n) is 6.03. The first-order chi connectivity index (χ1) is 28.8. The molecular formula is C28H60O29P6. The minimum absolute atomic E-state index is 0.0563. The van der Waals surface area contributed by atoms with Gasteiger partial charge in [0.15, 0.2) is 0 Å². The Bertz CT molecular complexity index is 1680. The van der Waals surface area contributed by atoms with Crippen molar-refractivity contribution < 1.29 is 135 Å². The summed E-state index contributed by atoms with van der Waals surface area (Å²) in [4.78, 5) is 64.2. The molecule has 29 nitrogen and oxygen atoms in total. The summed E-state index contributed by atoms with van der Waals surface area (Å²) in [5.41, 5.74) is 0. The van der Waals surface area contributed by atoms with Crippen LogP contribution in [-0.4, -0.2) is 167 Å². The molecule has 0 spiro atoms. The van der Waals surface area contributed by atoms with E-state index in [1.807, 2.05) is 6.92 Å². The minimum atomic E-state index is -4.63. The van der Waals surface area contributed by atoms with Crippen molar-refractivity contribution in [2.24, 2.45) is 0 Å². The quantitative estimate of drug-likeness (QED) is 0.0722. The average molecular weight is 1050 g/mol. The number of phosphoric acid groups is 6. The van der Waals surface area contributed by atoms with Crippen molar-refractivity contribution in [3.8, 4) is 0 Å². The van der Waals surface area contributed by atoms with Crippen molar-refractivity contribution in [2.45, 2.75) is 127 Å². The van der Waals surface area contributed by atoms with Crippen molar-refractivity contribution in [3.63, 3.8) is 0 Å². The van der Waals surface area contributed by atoms with Crippen LogP contribution in [0.4, 0.5) is 0 Å². The van der Waals surface area contributed by atoms with Crippen molar-refractivity contribution in [2.75, 3.05) is 54.9 Å². The number of aliphatic hydroxyl groups is 1. The van der Waals surface area contributed by atoms with Crippen LogP contribution in [0.5, 0.6) is 0 Å². The van der Waals surface area contributed by atoms with Gasteiger partial charge in [-0.1, -0.05) is 0 Å². The lowest BCUT2D eigenvalue weighted by atomic mass is 10.1. The number of phosphoric ester groups is 6. The number of hydrogen-bond acceptors (Lipinski definition) is 22. The molecule has 376 valence electrons. The van der Waals surface area contributed by atoms with E-state index >= 15 is 0 Å². The zero-order valence-corrected chi connectivity index (χ0v) is 40.8. The summed E-state index contributed by atoms with van der Waals surface area (Å²) in [6.07, 6.45) is -6.41.